The van der Waals surface area contributed by atoms with Gasteiger partial charge in [-0.2, -0.15) is 5.10 Å². The number of aryl methyl sites for hydroxylation is 1. The lowest BCUT2D eigenvalue weighted by Gasteiger charge is -2.22. The molecule has 140 valence electrons. The molecular weight excluding hydrogens is 354 g/mol. The molecular formula is C17H23N5O3S. The third-order valence-corrected chi connectivity index (χ3v) is 5.51. The lowest BCUT2D eigenvalue weighted by molar-refractivity contribution is -0.144. The summed E-state index contributed by atoms with van der Waals surface area (Å²) in [5.74, 6) is -0.380. The molecule has 9 heteroatoms. The second-order valence-corrected chi connectivity index (χ2v) is 7.54. The molecule has 0 aromatic carbocycles. The third kappa shape index (κ3) is 3.57. The number of esters is 1. The molecule has 0 aliphatic carbocycles. The van der Waals surface area contributed by atoms with Crippen LogP contribution >= 0.6 is 11.3 Å². The summed E-state index contributed by atoms with van der Waals surface area (Å²) in [6.07, 6.45) is 5.19. The van der Waals surface area contributed by atoms with Gasteiger partial charge >= 0.3 is 12.0 Å². The molecule has 3 heterocycles. The Balaban J connectivity index is 1.74. The number of aromatic nitrogens is 3. The fourth-order valence-electron chi connectivity index (χ4n) is 3.01. The van der Waals surface area contributed by atoms with E-state index in [4.69, 9.17) is 4.74 Å². The number of rotatable bonds is 4. The maximum Gasteiger partial charge on any atom is 0.328 e. The molecule has 1 atom stereocenters. The predicted molar refractivity (Wildman–Crippen MR) is 99.2 cm³/mol. The van der Waals surface area contributed by atoms with Gasteiger partial charge in [-0.15, -0.1) is 0 Å². The van der Waals surface area contributed by atoms with Gasteiger partial charge in [0.25, 0.3) is 0 Å². The number of hydrogen-bond acceptors (Lipinski definition) is 6. The first-order valence-corrected chi connectivity index (χ1v) is 9.39. The van der Waals surface area contributed by atoms with Gasteiger partial charge in [0.1, 0.15) is 6.04 Å². The molecule has 1 saturated heterocycles. The van der Waals surface area contributed by atoms with Crippen molar-refractivity contribution >= 4 is 28.5 Å². The molecule has 1 aliphatic heterocycles. The minimum Gasteiger partial charge on any atom is -0.467 e. The molecule has 0 radical (unpaired) electrons. The van der Waals surface area contributed by atoms with E-state index in [0.29, 0.717) is 18.1 Å². The first kappa shape index (κ1) is 18.4. The standard InChI is InChI=1S/C17H23N5O3S/c1-10(2)22-9-12(8-18-22)14-11(3)19-16(26-14)20-17(24)21-7-5-6-13(21)15(23)25-4/h8-10,13H,5-7H2,1-4H3,(H,19,20,24)/t13-/m0/s1. The van der Waals surface area contributed by atoms with E-state index in [9.17, 15) is 9.59 Å². The summed E-state index contributed by atoms with van der Waals surface area (Å²) in [6, 6.07) is -0.567. The van der Waals surface area contributed by atoms with Gasteiger partial charge in [0.05, 0.1) is 23.9 Å². The Labute approximate surface area is 156 Å². The van der Waals surface area contributed by atoms with Crippen molar-refractivity contribution in [1.82, 2.24) is 19.7 Å². The fraction of sp³-hybridized carbons (Fsp3) is 0.529. The van der Waals surface area contributed by atoms with Crippen molar-refractivity contribution in [2.75, 3.05) is 19.0 Å². The van der Waals surface area contributed by atoms with Gasteiger partial charge in [0, 0.05) is 24.3 Å². The van der Waals surface area contributed by atoms with Crippen LogP contribution < -0.4 is 5.32 Å². The van der Waals surface area contributed by atoms with Crippen LogP contribution in [0.15, 0.2) is 12.4 Å². The minimum atomic E-state index is -0.523. The Bertz CT molecular complexity index is 813. The summed E-state index contributed by atoms with van der Waals surface area (Å²) in [7, 11) is 1.34. The zero-order chi connectivity index (χ0) is 18.8. The van der Waals surface area contributed by atoms with Crippen LogP contribution in [0.1, 0.15) is 38.4 Å². The van der Waals surface area contributed by atoms with Crippen LogP contribution in [0.3, 0.4) is 0 Å². The van der Waals surface area contributed by atoms with Gasteiger partial charge in [-0.05, 0) is 33.6 Å². The zero-order valence-electron chi connectivity index (χ0n) is 15.4. The normalized spacial score (nSPS) is 17.0. The van der Waals surface area contributed by atoms with Gasteiger partial charge in [0.15, 0.2) is 5.13 Å². The lowest BCUT2D eigenvalue weighted by atomic mass is 10.2. The summed E-state index contributed by atoms with van der Waals surface area (Å²) >= 11 is 1.40. The number of urea groups is 1. The van der Waals surface area contributed by atoms with Crippen LogP contribution in [0.2, 0.25) is 0 Å². The van der Waals surface area contributed by atoms with Crippen LogP contribution in [-0.4, -0.2) is 51.4 Å². The van der Waals surface area contributed by atoms with Crippen LogP contribution in [0.4, 0.5) is 9.93 Å². The number of nitrogens with zero attached hydrogens (tertiary/aromatic N) is 4. The quantitative estimate of drug-likeness (QED) is 0.827. The minimum absolute atomic E-state index is 0.279. The molecule has 3 rings (SSSR count). The Hall–Kier alpha value is -2.42. The third-order valence-electron chi connectivity index (χ3n) is 4.39. The van der Waals surface area contributed by atoms with Gasteiger partial charge in [-0.3, -0.25) is 10.00 Å². The highest BCUT2D eigenvalue weighted by Gasteiger charge is 2.35. The highest BCUT2D eigenvalue weighted by atomic mass is 32.1. The van der Waals surface area contributed by atoms with E-state index < -0.39 is 6.04 Å². The number of ether oxygens (including phenoxy) is 1. The number of carbonyl (C=O) groups is 2. The predicted octanol–water partition coefficient (Wildman–Crippen LogP) is 3.07. The van der Waals surface area contributed by atoms with E-state index in [2.05, 4.69) is 29.2 Å². The second kappa shape index (κ2) is 7.45. The molecule has 0 unspecified atom stereocenters. The number of hydrogen-bond donors (Lipinski definition) is 1. The van der Waals surface area contributed by atoms with Crippen molar-refractivity contribution in [3.8, 4) is 10.4 Å². The van der Waals surface area contributed by atoms with Crippen molar-refractivity contribution in [3.63, 3.8) is 0 Å². The number of amides is 2. The molecule has 2 amide bonds. The van der Waals surface area contributed by atoms with Crippen molar-refractivity contribution in [2.45, 2.75) is 45.7 Å². The summed E-state index contributed by atoms with van der Waals surface area (Å²) in [5.41, 5.74) is 1.81. The Morgan fingerprint density at radius 2 is 2.19 bits per heavy atom. The largest absolute Gasteiger partial charge is 0.467 e. The fourth-order valence-corrected chi connectivity index (χ4v) is 3.94. The molecule has 0 saturated carbocycles. The number of anilines is 1. The highest BCUT2D eigenvalue weighted by Crippen LogP contribution is 2.33. The van der Waals surface area contributed by atoms with Crippen molar-refractivity contribution in [1.29, 1.82) is 0 Å². The van der Waals surface area contributed by atoms with E-state index in [1.165, 1.54) is 23.3 Å². The Morgan fingerprint density at radius 3 is 2.85 bits per heavy atom. The molecule has 0 bridgehead atoms. The first-order chi connectivity index (χ1) is 12.4. The van der Waals surface area contributed by atoms with Crippen LogP contribution in [0.5, 0.6) is 0 Å². The van der Waals surface area contributed by atoms with E-state index >= 15 is 0 Å². The molecule has 1 aliphatic rings. The maximum absolute atomic E-state index is 12.6. The van der Waals surface area contributed by atoms with Crippen molar-refractivity contribution in [2.24, 2.45) is 0 Å². The summed E-state index contributed by atoms with van der Waals surface area (Å²) in [4.78, 5) is 31.3. The van der Waals surface area contributed by atoms with Crippen LogP contribution in [0.25, 0.3) is 10.4 Å². The summed E-state index contributed by atoms with van der Waals surface area (Å²) < 4.78 is 6.67. The lowest BCUT2D eigenvalue weighted by Crippen LogP contribution is -2.43. The summed E-state index contributed by atoms with van der Waals surface area (Å²) in [5, 5.41) is 7.68. The molecule has 1 N–H and O–H groups in total. The smallest absolute Gasteiger partial charge is 0.328 e. The van der Waals surface area contributed by atoms with Crippen LogP contribution in [0, 0.1) is 6.92 Å². The molecule has 26 heavy (non-hydrogen) atoms. The Kier molecular flexibility index (Phi) is 5.26. The van der Waals surface area contributed by atoms with Gasteiger partial charge in [-0.1, -0.05) is 11.3 Å². The van der Waals surface area contributed by atoms with Crippen molar-refractivity contribution in [3.05, 3.63) is 18.1 Å². The average Bonchev–Trinajstić information content (AvgIpc) is 3.32. The molecule has 2 aromatic heterocycles. The van der Waals surface area contributed by atoms with E-state index in [1.807, 2.05) is 17.8 Å². The van der Waals surface area contributed by atoms with Gasteiger partial charge in [-0.25, -0.2) is 14.6 Å². The highest BCUT2D eigenvalue weighted by molar-refractivity contribution is 7.19. The summed E-state index contributed by atoms with van der Waals surface area (Å²) in [6.45, 7) is 6.57. The number of thiazole rings is 1. The van der Waals surface area contributed by atoms with Crippen LogP contribution in [-0.2, 0) is 9.53 Å². The van der Waals surface area contributed by atoms with Gasteiger partial charge in [0.2, 0.25) is 0 Å². The van der Waals surface area contributed by atoms with E-state index in [1.54, 1.807) is 6.20 Å². The SMILES string of the molecule is COC(=O)[C@@H]1CCCN1C(=O)Nc1nc(C)c(-c2cnn(C(C)C)c2)s1. The molecule has 2 aromatic rings. The van der Waals surface area contributed by atoms with E-state index in [-0.39, 0.29) is 18.0 Å². The number of nitrogens with one attached hydrogen (secondary N) is 1. The average molecular weight is 377 g/mol. The van der Waals surface area contributed by atoms with Crippen molar-refractivity contribution < 1.29 is 14.3 Å². The topological polar surface area (TPSA) is 89.3 Å². The number of likely N-dealkylation sites (tertiary alicyclic amines) is 1. The molecule has 8 nitrogen and oxygen atoms in total. The Morgan fingerprint density at radius 1 is 1.42 bits per heavy atom. The van der Waals surface area contributed by atoms with Gasteiger partial charge < -0.3 is 9.64 Å². The monoisotopic (exact) mass is 377 g/mol. The molecule has 1 fully saturated rings. The second-order valence-electron chi connectivity index (χ2n) is 6.54. The zero-order valence-corrected chi connectivity index (χ0v) is 16.2. The van der Waals surface area contributed by atoms with E-state index in [0.717, 1.165) is 22.6 Å². The number of carbonyl (C=O) groups excluding carboxylic acids is 2. The number of methoxy groups -OCH3 is 1. The molecule has 0 spiro atoms. The maximum atomic E-state index is 12.6. The first-order valence-electron chi connectivity index (χ1n) is 8.58.